The van der Waals surface area contributed by atoms with E-state index in [4.69, 9.17) is 4.74 Å². The molecule has 0 saturated heterocycles. The van der Waals surface area contributed by atoms with Crippen molar-refractivity contribution in [3.8, 4) is 0 Å². The van der Waals surface area contributed by atoms with Crippen LogP contribution in [0.25, 0.3) is 0 Å². The Balaban J connectivity index is 1.72. The Labute approximate surface area is 138 Å². The molecule has 7 nitrogen and oxygen atoms in total. The van der Waals surface area contributed by atoms with Crippen LogP contribution in [0.2, 0.25) is 0 Å². The lowest BCUT2D eigenvalue weighted by Crippen LogP contribution is -2.38. The van der Waals surface area contributed by atoms with Gasteiger partial charge >= 0.3 is 0 Å². The second kappa shape index (κ2) is 9.29. The fourth-order valence-corrected chi connectivity index (χ4v) is 2.00. The van der Waals surface area contributed by atoms with Gasteiger partial charge in [0.1, 0.15) is 12.4 Å². The molecular weight excluding hydrogens is 292 g/mol. The Kier molecular flexibility index (Phi) is 7.06. The maximum Gasteiger partial charge on any atom is 0.191 e. The van der Waals surface area contributed by atoms with Crippen LogP contribution in [-0.4, -0.2) is 47.0 Å². The van der Waals surface area contributed by atoms with Crippen LogP contribution in [0.1, 0.15) is 30.9 Å². The number of aromatic nitrogens is 3. The highest BCUT2D eigenvalue weighted by Crippen LogP contribution is 2.28. The quantitative estimate of drug-likeness (QED) is 0.293. The first-order chi connectivity index (χ1) is 11.2. The summed E-state index contributed by atoms with van der Waals surface area (Å²) in [4.78, 5) is 4.54. The zero-order chi connectivity index (χ0) is 16.5. The number of hydrogen-bond acceptors (Lipinski definition) is 4. The third kappa shape index (κ3) is 6.40. The van der Waals surface area contributed by atoms with Gasteiger partial charge in [-0.2, -0.15) is 0 Å². The first-order valence-electron chi connectivity index (χ1n) is 8.26. The fourth-order valence-electron chi connectivity index (χ4n) is 2.00. The van der Waals surface area contributed by atoms with Crippen molar-refractivity contribution in [2.24, 2.45) is 18.0 Å². The minimum absolute atomic E-state index is 0.488. The average Bonchev–Trinajstić information content (AvgIpc) is 3.32. The van der Waals surface area contributed by atoms with Crippen LogP contribution in [0.5, 0.6) is 0 Å². The zero-order valence-electron chi connectivity index (χ0n) is 14.2. The summed E-state index contributed by atoms with van der Waals surface area (Å²) in [6.45, 7) is 9.34. The normalized spacial score (nSPS) is 14.8. The van der Waals surface area contributed by atoms with Crippen molar-refractivity contribution < 1.29 is 4.74 Å². The monoisotopic (exact) mass is 320 g/mol. The van der Waals surface area contributed by atoms with Crippen LogP contribution in [0.4, 0.5) is 0 Å². The van der Waals surface area contributed by atoms with Crippen molar-refractivity contribution in [2.45, 2.75) is 32.7 Å². The summed E-state index contributed by atoms with van der Waals surface area (Å²) >= 11 is 0. The number of nitrogens with zero attached hydrogens (tertiary/aromatic N) is 4. The first-order valence-corrected chi connectivity index (χ1v) is 8.26. The molecular formula is C16H28N6O. The van der Waals surface area contributed by atoms with Crippen LogP contribution in [0.15, 0.2) is 17.6 Å². The lowest BCUT2D eigenvalue weighted by atomic mass is 10.4. The Bertz CT molecular complexity index is 521. The van der Waals surface area contributed by atoms with Gasteiger partial charge in [0, 0.05) is 33.4 Å². The van der Waals surface area contributed by atoms with Crippen LogP contribution >= 0.6 is 0 Å². The molecule has 1 saturated carbocycles. The summed E-state index contributed by atoms with van der Waals surface area (Å²) in [6, 6.07) is 0. The molecule has 1 heterocycles. The maximum absolute atomic E-state index is 5.63. The lowest BCUT2D eigenvalue weighted by Gasteiger charge is -2.11. The SMILES string of the molecule is C=CCNC(=NCc1nnc(C)n1C)NCCCOCC1CC1. The number of rotatable bonds is 10. The largest absolute Gasteiger partial charge is 0.381 e. The first kappa shape index (κ1) is 17.5. The molecule has 1 aliphatic carbocycles. The summed E-state index contributed by atoms with van der Waals surface area (Å²) in [5, 5.41) is 14.7. The van der Waals surface area contributed by atoms with Gasteiger partial charge in [-0.1, -0.05) is 6.08 Å². The predicted octanol–water partition coefficient (Wildman–Crippen LogP) is 1.16. The number of aliphatic imine (C=N–C) groups is 1. The van der Waals surface area contributed by atoms with E-state index in [1.54, 1.807) is 0 Å². The van der Waals surface area contributed by atoms with Crippen molar-refractivity contribution in [3.05, 3.63) is 24.3 Å². The summed E-state index contributed by atoms with van der Waals surface area (Å²) in [6.07, 6.45) is 5.44. The maximum atomic E-state index is 5.63. The Morgan fingerprint density at radius 2 is 2.26 bits per heavy atom. The van der Waals surface area contributed by atoms with E-state index in [9.17, 15) is 0 Å². The van der Waals surface area contributed by atoms with E-state index in [0.717, 1.165) is 49.7 Å². The molecule has 0 bridgehead atoms. The number of hydrogen-bond donors (Lipinski definition) is 2. The predicted molar refractivity (Wildman–Crippen MR) is 91.2 cm³/mol. The highest BCUT2D eigenvalue weighted by atomic mass is 16.5. The average molecular weight is 320 g/mol. The molecule has 7 heteroatoms. The van der Waals surface area contributed by atoms with E-state index in [2.05, 4.69) is 32.4 Å². The minimum Gasteiger partial charge on any atom is -0.381 e. The van der Waals surface area contributed by atoms with E-state index in [1.807, 2.05) is 24.6 Å². The highest BCUT2D eigenvalue weighted by molar-refractivity contribution is 5.79. The summed E-state index contributed by atoms with van der Waals surface area (Å²) < 4.78 is 7.58. The number of guanidine groups is 1. The van der Waals surface area contributed by atoms with E-state index in [0.29, 0.717) is 13.1 Å². The van der Waals surface area contributed by atoms with Gasteiger partial charge in [0.2, 0.25) is 0 Å². The molecule has 0 spiro atoms. The topological polar surface area (TPSA) is 76.4 Å². The van der Waals surface area contributed by atoms with Crippen LogP contribution < -0.4 is 10.6 Å². The second-order valence-electron chi connectivity index (χ2n) is 5.86. The second-order valence-corrected chi connectivity index (χ2v) is 5.86. The molecule has 0 amide bonds. The third-order valence-corrected chi connectivity index (χ3v) is 3.78. The molecule has 128 valence electrons. The molecule has 1 aromatic rings. The Hall–Kier alpha value is -1.89. The summed E-state index contributed by atoms with van der Waals surface area (Å²) in [7, 11) is 1.95. The molecule has 1 aromatic heterocycles. The molecule has 0 radical (unpaired) electrons. The van der Waals surface area contributed by atoms with Crippen molar-refractivity contribution >= 4 is 5.96 Å². The standard InChI is InChI=1S/C16H28N6O/c1-4-8-17-16(18-9-5-10-23-12-14-6-7-14)19-11-15-21-20-13(2)22(15)3/h4,14H,1,5-12H2,2-3H3,(H2,17,18,19). The fraction of sp³-hybridized carbons (Fsp3) is 0.688. The van der Waals surface area contributed by atoms with Gasteiger partial charge in [-0.15, -0.1) is 16.8 Å². The smallest absolute Gasteiger partial charge is 0.191 e. The van der Waals surface area contributed by atoms with E-state index < -0.39 is 0 Å². The highest BCUT2D eigenvalue weighted by Gasteiger charge is 2.20. The van der Waals surface area contributed by atoms with Crippen LogP contribution in [-0.2, 0) is 18.3 Å². The van der Waals surface area contributed by atoms with Crippen molar-refractivity contribution in [2.75, 3.05) is 26.3 Å². The molecule has 0 aliphatic heterocycles. The molecule has 2 rings (SSSR count). The number of nitrogens with one attached hydrogen (secondary N) is 2. The molecule has 1 aliphatic rings. The van der Waals surface area contributed by atoms with E-state index >= 15 is 0 Å². The van der Waals surface area contributed by atoms with Gasteiger partial charge in [-0.05, 0) is 32.1 Å². The Morgan fingerprint density at radius 1 is 1.43 bits per heavy atom. The zero-order valence-corrected chi connectivity index (χ0v) is 14.2. The van der Waals surface area contributed by atoms with E-state index in [-0.39, 0.29) is 0 Å². The summed E-state index contributed by atoms with van der Waals surface area (Å²) in [5.41, 5.74) is 0. The van der Waals surface area contributed by atoms with Crippen molar-refractivity contribution in [3.63, 3.8) is 0 Å². The number of aryl methyl sites for hydroxylation is 1. The molecule has 23 heavy (non-hydrogen) atoms. The number of ether oxygens (including phenoxy) is 1. The van der Waals surface area contributed by atoms with Gasteiger partial charge in [-0.3, -0.25) is 0 Å². The molecule has 2 N–H and O–H groups in total. The van der Waals surface area contributed by atoms with Gasteiger partial charge in [-0.25, -0.2) is 4.99 Å². The third-order valence-electron chi connectivity index (χ3n) is 3.78. The van der Waals surface area contributed by atoms with Gasteiger partial charge in [0.25, 0.3) is 0 Å². The van der Waals surface area contributed by atoms with Gasteiger partial charge in [0.15, 0.2) is 11.8 Å². The van der Waals surface area contributed by atoms with Crippen LogP contribution in [0.3, 0.4) is 0 Å². The van der Waals surface area contributed by atoms with Crippen molar-refractivity contribution in [1.29, 1.82) is 0 Å². The lowest BCUT2D eigenvalue weighted by molar-refractivity contribution is 0.123. The van der Waals surface area contributed by atoms with E-state index in [1.165, 1.54) is 12.8 Å². The van der Waals surface area contributed by atoms with Gasteiger partial charge in [0.05, 0.1) is 0 Å². The Morgan fingerprint density at radius 3 is 2.91 bits per heavy atom. The molecule has 1 fully saturated rings. The molecule has 0 aromatic carbocycles. The van der Waals surface area contributed by atoms with Gasteiger partial charge < -0.3 is 19.9 Å². The minimum atomic E-state index is 0.488. The van der Waals surface area contributed by atoms with Crippen LogP contribution in [0, 0.1) is 12.8 Å². The molecule has 0 unspecified atom stereocenters. The summed E-state index contributed by atoms with van der Waals surface area (Å²) in [5.74, 6) is 3.31. The molecule has 0 atom stereocenters. The van der Waals surface area contributed by atoms with Crippen molar-refractivity contribution in [1.82, 2.24) is 25.4 Å².